The summed E-state index contributed by atoms with van der Waals surface area (Å²) < 4.78 is 44.2. The molecule has 0 heterocycles. The molecule has 0 aromatic heterocycles. The second kappa shape index (κ2) is 5.63. The van der Waals surface area contributed by atoms with Crippen molar-refractivity contribution in [2.45, 2.75) is 19.0 Å². The number of nitrogens with zero attached hydrogens (tertiary/aromatic N) is 1. The summed E-state index contributed by atoms with van der Waals surface area (Å²) in [7, 11) is 0. The van der Waals surface area contributed by atoms with Crippen molar-refractivity contribution in [3.8, 4) is 11.5 Å². The molecule has 8 heteroatoms. The first-order valence-corrected chi connectivity index (χ1v) is 6.95. The molecule has 0 bridgehead atoms. The van der Waals surface area contributed by atoms with Crippen molar-refractivity contribution in [2.24, 2.45) is 0 Å². The lowest BCUT2D eigenvalue weighted by atomic mass is 10.1. The first-order valence-electron chi connectivity index (χ1n) is 6.95. The average Bonchev–Trinajstić information content (AvgIpc) is 2.87. The second-order valence-corrected chi connectivity index (χ2v) is 5.28. The maximum Gasteiger partial charge on any atom is 0.423 e. The molecule has 0 N–H and O–H groups in total. The Morgan fingerprint density at radius 2 is 1.71 bits per heavy atom. The highest BCUT2D eigenvalue weighted by Crippen LogP contribution is 2.39. The minimum Gasteiger partial charge on any atom is -0.457 e. The lowest BCUT2D eigenvalue weighted by Crippen LogP contribution is -2.09. The number of carbonyl (C=O) groups is 1. The van der Waals surface area contributed by atoms with E-state index in [-0.39, 0.29) is 17.3 Å². The molecule has 0 aliphatic heterocycles. The molecule has 0 saturated heterocycles. The van der Waals surface area contributed by atoms with E-state index in [0.29, 0.717) is 24.5 Å². The number of benzene rings is 2. The van der Waals surface area contributed by atoms with E-state index in [0.717, 1.165) is 17.7 Å². The van der Waals surface area contributed by atoms with Gasteiger partial charge < -0.3 is 4.74 Å². The second-order valence-electron chi connectivity index (χ2n) is 5.28. The van der Waals surface area contributed by atoms with Crippen LogP contribution in [0.4, 0.5) is 18.9 Å². The predicted octanol–water partition coefficient (Wildman–Crippen LogP) is 4.53. The summed E-state index contributed by atoms with van der Waals surface area (Å²) in [5.74, 6) is 0.119. The van der Waals surface area contributed by atoms with E-state index in [1.165, 1.54) is 6.07 Å². The SMILES string of the molecule is O=C1CCc2cc(Oc3ccc([N+](=O)[O-])c(C(F)(F)F)c3)ccc21. The minimum absolute atomic E-state index is 0.0197. The number of Topliss-reactive ketones (excluding diaryl/α,β-unsaturated/α-hetero) is 1. The fraction of sp³-hybridized carbons (Fsp3) is 0.188. The number of hydrogen-bond donors (Lipinski definition) is 0. The van der Waals surface area contributed by atoms with Crippen LogP contribution in [0.1, 0.15) is 27.9 Å². The van der Waals surface area contributed by atoms with Gasteiger partial charge in [0, 0.05) is 18.1 Å². The fourth-order valence-corrected chi connectivity index (χ4v) is 2.60. The van der Waals surface area contributed by atoms with E-state index >= 15 is 0 Å². The Morgan fingerprint density at radius 3 is 2.38 bits per heavy atom. The van der Waals surface area contributed by atoms with Crippen LogP contribution in [0.25, 0.3) is 0 Å². The van der Waals surface area contributed by atoms with Crippen molar-refractivity contribution in [2.75, 3.05) is 0 Å². The monoisotopic (exact) mass is 337 g/mol. The Bertz CT molecular complexity index is 846. The summed E-state index contributed by atoms with van der Waals surface area (Å²) in [6.07, 6.45) is -3.92. The van der Waals surface area contributed by atoms with Crippen LogP contribution in [0.2, 0.25) is 0 Å². The maximum absolute atomic E-state index is 13.0. The van der Waals surface area contributed by atoms with Gasteiger partial charge >= 0.3 is 6.18 Å². The van der Waals surface area contributed by atoms with Gasteiger partial charge in [0.05, 0.1) is 4.92 Å². The molecule has 5 nitrogen and oxygen atoms in total. The number of ketones is 1. The van der Waals surface area contributed by atoms with Crippen molar-refractivity contribution in [1.29, 1.82) is 0 Å². The molecule has 2 aromatic carbocycles. The quantitative estimate of drug-likeness (QED) is 0.609. The Morgan fingerprint density at radius 1 is 1.04 bits per heavy atom. The highest BCUT2D eigenvalue weighted by atomic mass is 19.4. The lowest BCUT2D eigenvalue weighted by Gasteiger charge is -2.11. The molecule has 0 amide bonds. The van der Waals surface area contributed by atoms with Gasteiger partial charge in [0.1, 0.15) is 17.1 Å². The van der Waals surface area contributed by atoms with Crippen LogP contribution in [-0.4, -0.2) is 10.7 Å². The molecule has 0 saturated carbocycles. The molecular formula is C16H10F3NO4. The third kappa shape index (κ3) is 2.94. The van der Waals surface area contributed by atoms with Crippen LogP contribution >= 0.6 is 0 Å². The molecule has 1 aliphatic carbocycles. The lowest BCUT2D eigenvalue weighted by molar-refractivity contribution is -0.388. The summed E-state index contributed by atoms with van der Waals surface area (Å²) >= 11 is 0. The number of nitro groups is 1. The van der Waals surface area contributed by atoms with Gasteiger partial charge in [0.15, 0.2) is 5.78 Å². The predicted molar refractivity (Wildman–Crippen MR) is 77.3 cm³/mol. The molecule has 0 radical (unpaired) electrons. The summed E-state index contributed by atoms with van der Waals surface area (Å²) in [5, 5.41) is 10.7. The molecule has 0 spiro atoms. The van der Waals surface area contributed by atoms with Crippen LogP contribution in [-0.2, 0) is 12.6 Å². The van der Waals surface area contributed by atoms with E-state index in [4.69, 9.17) is 4.74 Å². The van der Waals surface area contributed by atoms with Crippen LogP contribution in [0, 0.1) is 10.1 Å². The zero-order valence-electron chi connectivity index (χ0n) is 12.1. The summed E-state index contributed by atoms with van der Waals surface area (Å²) in [5.41, 5.74) is -1.05. The third-order valence-corrected chi connectivity index (χ3v) is 3.70. The highest BCUT2D eigenvalue weighted by Gasteiger charge is 2.38. The van der Waals surface area contributed by atoms with Gasteiger partial charge in [-0.15, -0.1) is 0 Å². The number of carbonyl (C=O) groups excluding carboxylic acids is 1. The van der Waals surface area contributed by atoms with Crippen molar-refractivity contribution < 1.29 is 27.6 Å². The van der Waals surface area contributed by atoms with Crippen LogP contribution in [0.5, 0.6) is 11.5 Å². The third-order valence-electron chi connectivity index (χ3n) is 3.70. The Balaban J connectivity index is 1.94. The summed E-state index contributed by atoms with van der Waals surface area (Å²) in [6.45, 7) is 0. The maximum atomic E-state index is 13.0. The van der Waals surface area contributed by atoms with E-state index in [2.05, 4.69) is 0 Å². The van der Waals surface area contributed by atoms with Crippen molar-refractivity contribution in [1.82, 2.24) is 0 Å². The normalized spacial score (nSPS) is 13.7. The first kappa shape index (κ1) is 16.0. The Kier molecular flexibility index (Phi) is 3.75. The molecule has 124 valence electrons. The Labute approximate surface area is 133 Å². The molecule has 3 rings (SSSR count). The van der Waals surface area contributed by atoms with Crippen LogP contribution in [0.3, 0.4) is 0 Å². The van der Waals surface area contributed by atoms with Gasteiger partial charge in [0.2, 0.25) is 0 Å². The number of halogens is 3. The standard InChI is InChI=1S/C16H10F3NO4/c17-16(18,19)13-8-11(3-5-14(13)20(22)23)24-10-2-4-12-9(7-10)1-6-15(12)21/h2-5,7-8H,1,6H2. The molecule has 24 heavy (non-hydrogen) atoms. The van der Waals surface area contributed by atoms with Gasteiger partial charge in [-0.05, 0) is 42.3 Å². The highest BCUT2D eigenvalue weighted by molar-refractivity contribution is 6.00. The van der Waals surface area contributed by atoms with Crippen LogP contribution in [0.15, 0.2) is 36.4 Å². The number of alkyl halides is 3. The van der Waals surface area contributed by atoms with Crippen LogP contribution < -0.4 is 4.74 Å². The number of aryl methyl sites for hydroxylation is 1. The van der Waals surface area contributed by atoms with Gasteiger partial charge in [0.25, 0.3) is 5.69 Å². The molecule has 0 unspecified atom stereocenters. The molecule has 1 aliphatic rings. The smallest absolute Gasteiger partial charge is 0.423 e. The van der Waals surface area contributed by atoms with E-state index < -0.39 is 22.4 Å². The van der Waals surface area contributed by atoms with Gasteiger partial charge in [-0.1, -0.05) is 0 Å². The molecule has 0 fully saturated rings. The van der Waals surface area contributed by atoms with Crippen molar-refractivity contribution in [3.63, 3.8) is 0 Å². The number of ether oxygens (including phenoxy) is 1. The van der Waals surface area contributed by atoms with Gasteiger partial charge in [-0.2, -0.15) is 13.2 Å². The largest absolute Gasteiger partial charge is 0.457 e. The topological polar surface area (TPSA) is 69.4 Å². The zero-order chi connectivity index (χ0) is 17.5. The molecular weight excluding hydrogens is 327 g/mol. The average molecular weight is 337 g/mol. The van der Waals surface area contributed by atoms with Gasteiger partial charge in [-0.25, -0.2) is 0 Å². The number of rotatable bonds is 3. The molecule has 2 aromatic rings. The van der Waals surface area contributed by atoms with Crippen molar-refractivity contribution >= 4 is 11.5 Å². The number of fused-ring (bicyclic) bond motifs is 1. The van der Waals surface area contributed by atoms with E-state index in [1.807, 2.05) is 0 Å². The zero-order valence-corrected chi connectivity index (χ0v) is 12.1. The Hall–Kier alpha value is -2.90. The van der Waals surface area contributed by atoms with Gasteiger partial charge in [-0.3, -0.25) is 14.9 Å². The number of nitro benzene ring substituents is 1. The summed E-state index contributed by atoms with van der Waals surface area (Å²) in [6, 6.07) is 7.10. The summed E-state index contributed by atoms with van der Waals surface area (Å²) in [4.78, 5) is 21.2. The number of hydrogen-bond acceptors (Lipinski definition) is 4. The van der Waals surface area contributed by atoms with Crippen molar-refractivity contribution in [3.05, 3.63) is 63.2 Å². The fourth-order valence-electron chi connectivity index (χ4n) is 2.60. The molecule has 0 atom stereocenters. The first-order chi connectivity index (χ1) is 11.3. The van der Waals surface area contributed by atoms with E-state index in [1.54, 1.807) is 12.1 Å². The minimum atomic E-state index is -4.87. The van der Waals surface area contributed by atoms with E-state index in [9.17, 15) is 28.1 Å².